The van der Waals surface area contributed by atoms with E-state index in [2.05, 4.69) is 10.0 Å². The van der Waals surface area contributed by atoms with Crippen LogP contribution in [0.25, 0.3) is 0 Å². The van der Waals surface area contributed by atoms with Crippen LogP contribution in [0.5, 0.6) is 0 Å². The molecule has 0 saturated carbocycles. The highest BCUT2D eigenvalue weighted by atomic mass is 32.2. The maximum absolute atomic E-state index is 12.7. The zero-order valence-electron chi connectivity index (χ0n) is 20.5. The minimum absolute atomic E-state index is 0.157. The van der Waals surface area contributed by atoms with Crippen molar-refractivity contribution in [1.82, 2.24) is 14.3 Å². The molecule has 3 aromatic carbocycles. The van der Waals surface area contributed by atoms with Crippen molar-refractivity contribution in [2.75, 3.05) is 14.1 Å². The molecule has 0 aliphatic carbocycles. The summed E-state index contributed by atoms with van der Waals surface area (Å²) < 4.78 is 53.5. The molecule has 10 heteroatoms. The van der Waals surface area contributed by atoms with Gasteiger partial charge in [0.25, 0.3) is 0 Å². The van der Waals surface area contributed by atoms with E-state index in [4.69, 9.17) is 0 Å². The zero-order chi connectivity index (χ0) is 26.3. The summed E-state index contributed by atoms with van der Waals surface area (Å²) in [7, 11) is -4.23. The second-order valence-electron chi connectivity index (χ2n) is 8.61. The Bertz CT molecular complexity index is 1370. The molecule has 0 spiro atoms. The number of aryl methyl sites for hydroxylation is 1. The predicted molar refractivity (Wildman–Crippen MR) is 139 cm³/mol. The lowest BCUT2D eigenvalue weighted by molar-refractivity contribution is -0.121. The smallest absolute Gasteiger partial charge is 0.242 e. The predicted octanol–water partition coefficient (Wildman–Crippen LogP) is 3.23. The van der Waals surface area contributed by atoms with E-state index in [1.54, 1.807) is 31.2 Å². The van der Waals surface area contributed by atoms with E-state index in [0.717, 1.165) is 21.0 Å². The zero-order valence-corrected chi connectivity index (χ0v) is 22.1. The molecular formula is C26H31N3O5S2. The quantitative estimate of drug-likeness (QED) is 0.396. The topological polar surface area (TPSA) is 113 Å². The molecule has 0 aromatic heterocycles. The number of carbonyl (C=O) groups excluding carboxylic acids is 1. The van der Waals surface area contributed by atoms with Crippen LogP contribution in [0.1, 0.15) is 36.1 Å². The highest BCUT2D eigenvalue weighted by Gasteiger charge is 2.19. The van der Waals surface area contributed by atoms with Gasteiger partial charge in [-0.1, -0.05) is 54.6 Å². The summed E-state index contributed by atoms with van der Waals surface area (Å²) in [4.78, 5) is 12.6. The number of nitrogens with zero attached hydrogens (tertiary/aromatic N) is 1. The molecule has 3 rings (SSSR count). The normalized spacial score (nSPS) is 12.9. The third-order valence-electron chi connectivity index (χ3n) is 5.70. The van der Waals surface area contributed by atoms with Crippen LogP contribution in [0.15, 0.2) is 88.7 Å². The highest BCUT2D eigenvalue weighted by molar-refractivity contribution is 7.89. The average molecular weight is 530 g/mol. The molecule has 0 heterocycles. The summed E-state index contributed by atoms with van der Waals surface area (Å²) in [6.45, 7) is 2.07. The van der Waals surface area contributed by atoms with Crippen molar-refractivity contribution in [2.45, 2.75) is 42.1 Å². The van der Waals surface area contributed by atoms with E-state index in [1.165, 1.54) is 38.4 Å². The molecule has 8 nitrogen and oxygen atoms in total. The molecule has 1 amide bonds. The SMILES string of the molecule is C[C@H](NS(=O)(=O)c1ccc(CCC(=O)NCc2ccc(S(=O)(=O)N(C)C)cc2)cc1)c1ccccc1. The maximum Gasteiger partial charge on any atom is 0.242 e. The lowest BCUT2D eigenvalue weighted by atomic mass is 10.1. The van der Waals surface area contributed by atoms with Gasteiger partial charge in [-0.15, -0.1) is 0 Å². The summed E-state index contributed by atoms with van der Waals surface area (Å²) in [5.41, 5.74) is 2.50. The van der Waals surface area contributed by atoms with Crippen LogP contribution in [0.3, 0.4) is 0 Å². The molecule has 192 valence electrons. The van der Waals surface area contributed by atoms with Gasteiger partial charge in [0.2, 0.25) is 26.0 Å². The van der Waals surface area contributed by atoms with E-state index >= 15 is 0 Å². The van der Waals surface area contributed by atoms with E-state index in [9.17, 15) is 21.6 Å². The number of sulfonamides is 2. The molecule has 0 saturated heterocycles. The Balaban J connectivity index is 1.49. The number of rotatable bonds is 11. The number of benzene rings is 3. The van der Waals surface area contributed by atoms with Crippen LogP contribution in [-0.4, -0.2) is 41.1 Å². The highest BCUT2D eigenvalue weighted by Crippen LogP contribution is 2.18. The van der Waals surface area contributed by atoms with Gasteiger partial charge in [-0.05, 0) is 54.3 Å². The third kappa shape index (κ3) is 7.23. The van der Waals surface area contributed by atoms with E-state index in [0.29, 0.717) is 6.42 Å². The van der Waals surface area contributed by atoms with Crippen molar-refractivity contribution in [3.8, 4) is 0 Å². The number of nitrogens with one attached hydrogen (secondary N) is 2. The van der Waals surface area contributed by atoms with Crippen LogP contribution < -0.4 is 10.0 Å². The Morgan fingerprint density at radius 3 is 1.94 bits per heavy atom. The summed E-state index contributed by atoms with van der Waals surface area (Å²) in [6.07, 6.45) is 0.697. The summed E-state index contributed by atoms with van der Waals surface area (Å²) >= 11 is 0. The number of hydrogen-bond acceptors (Lipinski definition) is 5. The van der Waals surface area contributed by atoms with Gasteiger partial charge in [0.1, 0.15) is 0 Å². The minimum Gasteiger partial charge on any atom is -0.352 e. The van der Waals surface area contributed by atoms with Crippen molar-refractivity contribution >= 4 is 26.0 Å². The number of carbonyl (C=O) groups is 1. The molecule has 0 aliphatic rings. The van der Waals surface area contributed by atoms with Crippen molar-refractivity contribution in [3.63, 3.8) is 0 Å². The number of hydrogen-bond donors (Lipinski definition) is 2. The van der Waals surface area contributed by atoms with Crippen molar-refractivity contribution in [2.24, 2.45) is 0 Å². The first-order chi connectivity index (χ1) is 17.0. The fourth-order valence-electron chi connectivity index (χ4n) is 3.48. The van der Waals surface area contributed by atoms with Gasteiger partial charge in [0.05, 0.1) is 9.79 Å². The molecule has 0 fully saturated rings. The molecule has 0 aliphatic heterocycles. The summed E-state index contributed by atoms with van der Waals surface area (Å²) in [5.74, 6) is -0.157. The molecule has 36 heavy (non-hydrogen) atoms. The van der Waals surface area contributed by atoms with Gasteiger partial charge in [-0.2, -0.15) is 0 Å². The Morgan fingerprint density at radius 1 is 0.806 bits per heavy atom. The fraction of sp³-hybridized carbons (Fsp3) is 0.269. The molecule has 3 aromatic rings. The van der Waals surface area contributed by atoms with Gasteiger partial charge < -0.3 is 5.32 Å². The van der Waals surface area contributed by atoms with Crippen LogP contribution >= 0.6 is 0 Å². The third-order valence-corrected chi connectivity index (χ3v) is 9.08. The molecular weight excluding hydrogens is 498 g/mol. The summed E-state index contributed by atoms with van der Waals surface area (Å²) in [5, 5.41) is 2.82. The Morgan fingerprint density at radius 2 is 1.36 bits per heavy atom. The second kappa shape index (κ2) is 11.8. The lowest BCUT2D eigenvalue weighted by Crippen LogP contribution is -2.26. The molecule has 2 N–H and O–H groups in total. The van der Waals surface area contributed by atoms with E-state index in [1.807, 2.05) is 30.3 Å². The first kappa shape index (κ1) is 27.5. The Labute approximate surface area is 213 Å². The first-order valence-corrected chi connectivity index (χ1v) is 14.4. The van der Waals surface area contributed by atoms with Crippen LogP contribution in [0.4, 0.5) is 0 Å². The molecule has 0 unspecified atom stereocenters. The van der Waals surface area contributed by atoms with E-state index < -0.39 is 20.0 Å². The van der Waals surface area contributed by atoms with Gasteiger partial charge >= 0.3 is 0 Å². The van der Waals surface area contributed by atoms with Gasteiger partial charge in [-0.3, -0.25) is 4.79 Å². The number of amides is 1. The van der Waals surface area contributed by atoms with Crippen molar-refractivity contribution in [3.05, 3.63) is 95.6 Å². The monoisotopic (exact) mass is 529 g/mol. The maximum atomic E-state index is 12.7. The van der Waals surface area contributed by atoms with Crippen LogP contribution in [0, 0.1) is 0 Å². The van der Waals surface area contributed by atoms with Gasteiger partial charge in [0.15, 0.2) is 0 Å². The summed E-state index contributed by atoms with van der Waals surface area (Å²) in [6, 6.07) is 21.8. The minimum atomic E-state index is -3.68. The van der Waals surface area contributed by atoms with Gasteiger partial charge in [-0.25, -0.2) is 25.9 Å². The Hall–Kier alpha value is -3.05. The molecule has 1 atom stereocenters. The Kier molecular flexibility index (Phi) is 9.02. The standard InChI is InChI=1S/C26H31N3O5S2/c1-20(23-7-5-4-6-8-23)28-35(31,32)24-14-9-21(10-15-24)13-18-26(30)27-19-22-11-16-25(17-12-22)36(33,34)29(2)3/h4-12,14-17,20,28H,13,18-19H2,1-3H3,(H,27,30)/t20-/m0/s1. The van der Waals surface area contributed by atoms with Crippen LogP contribution in [-0.2, 0) is 37.8 Å². The fourth-order valence-corrected chi connectivity index (χ4v) is 5.62. The van der Waals surface area contributed by atoms with Gasteiger partial charge in [0, 0.05) is 33.1 Å². The average Bonchev–Trinajstić information content (AvgIpc) is 2.87. The molecule has 0 bridgehead atoms. The van der Waals surface area contributed by atoms with Crippen LogP contribution in [0.2, 0.25) is 0 Å². The second-order valence-corrected chi connectivity index (χ2v) is 12.5. The lowest BCUT2D eigenvalue weighted by Gasteiger charge is -2.15. The van der Waals surface area contributed by atoms with E-state index in [-0.39, 0.29) is 34.7 Å². The van der Waals surface area contributed by atoms with Crippen molar-refractivity contribution < 1.29 is 21.6 Å². The molecule has 0 radical (unpaired) electrons. The first-order valence-electron chi connectivity index (χ1n) is 11.4. The van der Waals surface area contributed by atoms with Crippen molar-refractivity contribution in [1.29, 1.82) is 0 Å². The largest absolute Gasteiger partial charge is 0.352 e.